The Morgan fingerprint density at radius 1 is 1.56 bits per heavy atom. The van der Waals surface area contributed by atoms with E-state index in [1.165, 1.54) is 0 Å². The van der Waals surface area contributed by atoms with E-state index in [1.807, 2.05) is 13.0 Å². The van der Waals surface area contributed by atoms with Gasteiger partial charge in [-0.25, -0.2) is 4.79 Å². The highest BCUT2D eigenvalue weighted by molar-refractivity contribution is 5.93. The van der Waals surface area contributed by atoms with Crippen LogP contribution in [-0.2, 0) is 4.79 Å². The van der Waals surface area contributed by atoms with Crippen molar-refractivity contribution in [3.63, 3.8) is 0 Å². The van der Waals surface area contributed by atoms with Crippen molar-refractivity contribution >= 4 is 12.0 Å². The first-order valence-corrected chi connectivity index (χ1v) is 5.04. The summed E-state index contributed by atoms with van der Waals surface area (Å²) in [7, 11) is 0. The van der Waals surface area contributed by atoms with Crippen molar-refractivity contribution in [3.05, 3.63) is 29.3 Å². The normalized spacial score (nSPS) is 13.4. The molecule has 1 aliphatic heterocycles. The lowest BCUT2D eigenvalue weighted by Gasteiger charge is -2.16. The molecule has 1 heterocycles. The molecule has 4 heteroatoms. The van der Waals surface area contributed by atoms with Crippen molar-refractivity contribution < 1.29 is 19.4 Å². The molecule has 1 aliphatic rings. The van der Waals surface area contributed by atoms with E-state index in [0.717, 1.165) is 5.56 Å². The van der Waals surface area contributed by atoms with Gasteiger partial charge in [0.15, 0.2) is 0 Å². The van der Waals surface area contributed by atoms with Crippen LogP contribution in [0.1, 0.15) is 12.5 Å². The molecule has 2 rings (SSSR count). The minimum absolute atomic E-state index is 0.107. The molecule has 1 aromatic carbocycles. The quantitative estimate of drug-likeness (QED) is 0.845. The van der Waals surface area contributed by atoms with Crippen molar-refractivity contribution in [2.45, 2.75) is 6.92 Å². The Morgan fingerprint density at radius 3 is 3.06 bits per heavy atom. The van der Waals surface area contributed by atoms with Gasteiger partial charge in [0.25, 0.3) is 0 Å². The first-order chi connectivity index (χ1) is 7.70. The standard InChI is InChI=1S/C12H12O4/c1-2-15-10-3-4-11-8(6-10)5-9(7-16-11)12(13)14/h3-6H,2,7H2,1H3,(H,13,14). The molecular weight excluding hydrogens is 208 g/mol. The zero-order valence-electron chi connectivity index (χ0n) is 8.90. The molecule has 0 radical (unpaired) electrons. The highest BCUT2D eigenvalue weighted by Gasteiger charge is 2.16. The monoisotopic (exact) mass is 220 g/mol. The molecule has 0 spiro atoms. The Morgan fingerprint density at radius 2 is 2.38 bits per heavy atom. The fourth-order valence-corrected chi connectivity index (χ4v) is 1.54. The number of rotatable bonds is 3. The summed E-state index contributed by atoms with van der Waals surface area (Å²) in [6, 6.07) is 5.37. The second kappa shape index (κ2) is 4.26. The van der Waals surface area contributed by atoms with Crippen LogP contribution in [0.15, 0.2) is 23.8 Å². The smallest absolute Gasteiger partial charge is 0.335 e. The molecule has 1 N–H and O–H groups in total. The third-order valence-electron chi connectivity index (χ3n) is 2.28. The average molecular weight is 220 g/mol. The number of aliphatic carboxylic acids is 1. The van der Waals surface area contributed by atoms with E-state index >= 15 is 0 Å². The summed E-state index contributed by atoms with van der Waals surface area (Å²) >= 11 is 0. The lowest BCUT2D eigenvalue weighted by Crippen LogP contribution is -2.14. The second-order valence-corrected chi connectivity index (χ2v) is 3.40. The van der Waals surface area contributed by atoms with E-state index in [1.54, 1.807) is 18.2 Å². The Hall–Kier alpha value is -1.97. The topological polar surface area (TPSA) is 55.8 Å². The second-order valence-electron chi connectivity index (χ2n) is 3.40. The Balaban J connectivity index is 2.35. The lowest BCUT2D eigenvalue weighted by atomic mass is 10.1. The highest BCUT2D eigenvalue weighted by Crippen LogP contribution is 2.29. The van der Waals surface area contributed by atoms with Crippen LogP contribution in [0.25, 0.3) is 6.08 Å². The minimum atomic E-state index is -0.951. The van der Waals surface area contributed by atoms with Gasteiger partial charge in [0.05, 0.1) is 12.2 Å². The van der Waals surface area contributed by atoms with E-state index < -0.39 is 5.97 Å². The predicted octanol–water partition coefficient (Wildman–Crippen LogP) is 1.95. The third kappa shape index (κ3) is 2.00. The molecule has 0 saturated heterocycles. The van der Waals surface area contributed by atoms with Crippen LogP contribution in [0, 0.1) is 0 Å². The van der Waals surface area contributed by atoms with Gasteiger partial charge >= 0.3 is 5.97 Å². The largest absolute Gasteiger partial charge is 0.494 e. The van der Waals surface area contributed by atoms with Gasteiger partial charge < -0.3 is 14.6 Å². The Kier molecular flexibility index (Phi) is 2.81. The highest BCUT2D eigenvalue weighted by atomic mass is 16.5. The van der Waals surface area contributed by atoms with Crippen LogP contribution in [0.3, 0.4) is 0 Å². The molecule has 84 valence electrons. The summed E-state index contributed by atoms with van der Waals surface area (Å²) in [5.41, 5.74) is 0.996. The van der Waals surface area contributed by atoms with Crippen LogP contribution in [-0.4, -0.2) is 24.3 Å². The van der Waals surface area contributed by atoms with Gasteiger partial charge in [-0.3, -0.25) is 0 Å². The van der Waals surface area contributed by atoms with Crippen molar-refractivity contribution in [2.75, 3.05) is 13.2 Å². The Bertz CT molecular complexity index is 448. The minimum Gasteiger partial charge on any atom is -0.494 e. The summed E-state index contributed by atoms with van der Waals surface area (Å²) < 4.78 is 10.7. The van der Waals surface area contributed by atoms with Crippen molar-refractivity contribution in [2.24, 2.45) is 0 Å². The van der Waals surface area contributed by atoms with Gasteiger partial charge in [0, 0.05) is 5.56 Å². The molecule has 0 fully saturated rings. The number of ether oxygens (including phenoxy) is 2. The summed E-state index contributed by atoms with van der Waals surface area (Å²) in [6.07, 6.45) is 1.61. The Labute approximate surface area is 93.1 Å². The van der Waals surface area contributed by atoms with Crippen molar-refractivity contribution in [1.82, 2.24) is 0 Å². The van der Waals surface area contributed by atoms with E-state index in [-0.39, 0.29) is 12.2 Å². The van der Waals surface area contributed by atoms with Gasteiger partial charge in [-0.15, -0.1) is 0 Å². The molecule has 0 aromatic heterocycles. The maximum atomic E-state index is 10.8. The fraction of sp³-hybridized carbons (Fsp3) is 0.250. The van der Waals surface area contributed by atoms with Crippen LogP contribution in [0.4, 0.5) is 0 Å². The maximum Gasteiger partial charge on any atom is 0.335 e. The van der Waals surface area contributed by atoms with Gasteiger partial charge in [-0.2, -0.15) is 0 Å². The van der Waals surface area contributed by atoms with Gasteiger partial charge in [0.2, 0.25) is 0 Å². The summed E-state index contributed by atoms with van der Waals surface area (Å²) in [4.78, 5) is 10.8. The van der Waals surface area contributed by atoms with Crippen molar-refractivity contribution in [3.8, 4) is 11.5 Å². The fourth-order valence-electron chi connectivity index (χ4n) is 1.54. The first kappa shape index (κ1) is 10.5. The van der Waals surface area contributed by atoms with Crippen LogP contribution in [0.5, 0.6) is 11.5 Å². The average Bonchev–Trinajstić information content (AvgIpc) is 2.28. The summed E-state index contributed by atoms with van der Waals surface area (Å²) in [6.45, 7) is 2.58. The molecule has 16 heavy (non-hydrogen) atoms. The predicted molar refractivity (Wildman–Crippen MR) is 58.7 cm³/mol. The van der Waals surface area contributed by atoms with E-state index in [2.05, 4.69) is 0 Å². The van der Waals surface area contributed by atoms with Crippen LogP contribution >= 0.6 is 0 Å². The number of carboxylic acid groups (broad SMARTS) is 1. The summed E-state index contributed by atoms with van der Waals surface area (Å²) in [5, 5.41) is 8.86. The van der Waals surface area contributed by atoms with E-state index in [9.17, 15) is 4.79 Å². The number of hydrogen-bond acceptors (Lipinski definition) is 3. The number of hydrogen-bond donors (Lipinski definition) is 1. The van der Waals surface area contributed by atoms with E-state index in [4.69, 9.17) is 14.6 Å². The molecular formula is C12H12O4. The van der Waals surface area contributed by atoms with Crippen molar-refractivity contribution in [1.29, 1.82) is 0 Å². The van der Waals surface area contributed by atoms with Gasteiger partial charge in [0.1, 0.15) is 18.1 Å². The van der Waals surface area contributed by atoms with Crippen LogP contribution < -0.4 is 9.47 Å². The van der Waals surface area contributed by atoms with E-state index in [0.29, 0.717) is 18.1 Å². The molecule has 0 atom stereocenters. The first-order valence-electron chi connectivity index (χ1n) is 5.04. The van der Waals surface area contributed by atoms with Gasteiger partial charge in [-0.05, 0) is 31.2 Å². The molecule has 1 aromatic rings. The maximum absolute atomic E-state index is 10.8. The number of carboxylic acids is 1. The zero-order valence-corrected chi connectivity index (χ0v) is 8.90. The SMILES string of the molecule is CCOc1ccc2c(c1)C=C(C(=O)O)CO2. The van der Waals surface area contributed by atoms with Crippen LogP contribution in [0.2, 0.25) is 0 Å². The molecule has 0 amide bonds. The molecule has 0 saturated carbocycles. The molecule has 4 nitrogen and oxygen atoms in total. The molecule has 0 aliphatic carbocycles. The number of fused-ring (bicyclic) bond motifs is 1. The lowest BCUT2D eigenvalue weighted by molar-refractivity contribution is -0.132. The summed E-state index contributed by atoms with van der Waals surface area (Å²) in [5.74, 6) is 0.452. The van der Waals surface area contributed by atoms with Gasteiger partial charge in [-0.1, -0.05) is 0 Å². The number of benzene rings is 1. The number of carbonyl (C=O) groups is 1. The zero-order chi connectivity index (χ0) is 11.5. The molecule has 0 unspecified atom stereocenters. The molecule has 0 bridgehead atoms. The third-order valence-corrected chi connectivity index (χ3v) is 2.28.